The number of piperidine rings is 2. The van der Waals surface area contributed by atoms with Crippen LogP contribution in [-0.4, -0.2) is 66.4 Å². The van der Waals surface area contributed by atoms with Gasteiger partial charge in [0.2, 0.25) is 0 Å². The van der Waals surface area contributed by atoms with Crippen LogP contribution < -0.4 is 5.73 Å². The number of ether oxygens (including phenoxy) is 2. The van der Waals surface area contributed by atoms with E-state index in [9.17, 15) is 4.79 Å². The van der Waals surface area contributed by atoms with E-state index in [1.807, 2.05) is 45.0 Å². The van der Waals surface area contributed by atoms with Crippen molar-refractivity contribution in [1.29, 1.82) is 0 Å². The van der Waals surface area contributed by atoms with Gasteiger partial charge < -0.3 is 25.0 Å². The molecule has 174 valence electrons. The number of nitrogens with zero attached hydrogens (tertiary/aromatic N) is 2. The van der Waals surface area contributed by atoms with E-state index in [1.165, 1.54) is 0 Å². The molecule has 31 heavy (non-hydrogen) atoms. The summed E-state index contributed by atoms with van der Waals surface area (Å²) in [6, 6.07) is 7.87. The van der Waals surface area contributed by atoms with Gasteiger partial charge in [-0.15, -0.1) is 0 Å². The van der Waals surface area contributed by atoms with Crippen LogP contribution in [0.4, 0.5) is 4.79 Å². The average molecular weight is 452 g/mol. The molecule has 0 aromatic heterocycles. The Bertz CT molecular complexity index is 691. The first-order valence-electron chi connectivity index (χ1n) is 11.6. The first kappa shape index (κ1) is 24.3. The standard InChI is InChI=1S/C24H38ClN3O3/c1-24(2,3)31-23(29)28-16-10-21(11-17-28)30-20-8-13-27(14-9-20)15-12-22(26)18-4-6-19(25)7-5-18/h4-7,20-22H,8-17,26H2,1-3H3/t22-/m0/s1. The van der Waals surface area contributed by atoms with Crippen LogP contribution in [-0.2, 0) is 9.47 Å². The molecule has 0 radical (unpaired) electrons. The van der Waals surface area contributed by atoms with Crippen LogP contribution in [0.15, 0.2) is 24.3 Å². The predicted octanol–water partition coefficient (Wildman–Crippen LogP) is 4.61. The highest BCUT2D eigenvalue weighted by Crippen LogP contribution is 2.23. The Kier molecular flexibility index (Phi) is 8.62. The van der Waals surface area contributed by atoms with Crippen molar-refractivity contribution in [2.24, 2.45) is 5.73 Å². The van der Waals surface area contributed by atoms with Gasteiger partial charge in [0.1, 0.15) is 5.60 Å². The van der Waals surface area contributed by atoms with Crippen LogP contribution >= 0.6 is 11.6 Å². The van der Waals surface area contributed by atoms with Gasteiger partial charge in [-0.05, 0) is 77.1 Å². The molecule has 7 heteroatoms. The fourth-order valence-electron chi connectivity index (χ4n) is 4.24. The molecule has 0 unspecified atom stereocenters. The molecule has 1 aromatic carbocycles. The second-order valence-electron chi connectivity index (χ2n) is 9.79. The van der Waals surface area contributed by atoms with Crippen molar-refractivity contribution in [3.05, 3.63) is 34.9 Å². The third kappa shape index (κ3) is 7.94. The second-order valence-corrected chi connectivity index (χ2v) is 10.2. The maximum atomic E-state index is 12.2. The Morgan fingerprint density at radius 1 is 1.06 bits per heavy atom. The van der Waals surface area contributed by atoms with Crippen LogP contribution in [0, 0.1) is 0 Å². The normalized spacial score (nSPS) is 20.6. The largest absolute Gasteiger partial charge is 0.444 e. The van der Waals surface area contributed by atoms with Crippen molar-refractivity contribution >= 4 is 17.7 Å². The lowest BCUT2D eigenvalue weighted by Crippen LogP contribution is -2.45. The number of likely N-dealkylation sites (tertiary alicyclic amines) is 2. The van der Waals surface area contributed by atoms with Crippen LogP contribution in [0.25, 0.3) is 0 Å². The summed E-state index contributed by atoms with van der Waals surface area (Å²) < 4.78 is 11.8. The molecule has 2 aliphatic heterocycles. The highest BCUT2D eigenvalue weighted by molar-refractivity contribution is 6.30. The van der Waals surface area contributed by atoms with Gasteiger partial charge in [-0.25, -0.2) is 4.79 Å². The summed E-state index contributed by atoms with van der Waals surface area (Å²) in [5.74, 6) is 0. The van der Waals surface area contributed by atoms with E-state index >= 15 is 0 Å². The Balaban J connectivity index is 1.32. The van der Waals surface area contributed by atoms with Crippen LogP contribution in [0.5, 0.6) is 0 Å². The van der Waals surface area contributed by atoms with Gasteiger partial charge >= 0.3 is 6.09 Å². The van der Waals surface area contributed by atoms with E-state index in [0.29, 0.717) is 19.2 Å². The lowest BCUT2D eigenvalue weighted by molar-refractivity contribution is -0.0663. The number of carbonyl (C=O) groups is 1. The molecule has 2 aliphatic rings. The summed E-state index contributed by atoms with van der Waals surface area (Å²) in [5, 5.41) is 0.744. The summed E-state index contributed by atoms with van der Waals surface area (Å²) in [6.07, 6.45) is 5.18. The molecular formula is C24H38ClN3O3. The molecule has 2 fully saturated rings. The van der Waals surface area contributed by atoms with Crippen LogP contribution in [0.2, 0.25) is 5.02 Å². The van der Waals surface area contributed by atoms with Gasteiger partial charge in [0.15, 0.2) is 0 Å². The lowest BCUT2D eigenvalue weighted by atomic mass is 10.0. The monoisotopic (exact) mass is 451 g/mol. The van der Waals surface area contributed by atoms with Crippen LogP contribution in [0.1, 0.15) is 64.5 Å². The van der Waals surface area contributed by atoms with E-state index in [-0.39, 0.29) is 18.2 Å². The van der Waals surface area contributed by atoms with Crippen molar-refractivity contribution in [2.75, 3.05) is 32.7 Å². The molecule has 3 rings (SSSR count). The Morgan fingerprint density at radius 2 is 1.61 bits per heavy atom. The zero-order valence-electron chi connectivity index (χ0n) is 19.2. The molecule has 1 atom stereocenters. The Hall–Kier alpha value is -1.34. The van der Waals surface area contributed by atoms with Crippen molar-refractivity contribution in [2.45, 2.75) is 76.7 Å². The molecule has 0 aliphatic carbocycles. The fraction of sp³-hybridized carbons (Fsp3) is 0.708. The number of halogens is 1. The van der Waals surface area contributed by atoms with Gasteiger partial charge in [-0.2, -0.15) is 0 Å². The summed E-state index contributed by atoms with van der Waals surface area (Å²) >= 11 is 5.96. The first-order chi connectivity index (χ1) is 14.7. The molecule has 2 saturated heterocycles. The summed E-state index contributed by atoms with van der Waals surface area (Å²) in [7, 11) is 0. The summed E-state index contributed by atoms with van der Waals surface area (Å²) in [5.41, 5.74) is 7.04. The van der Waals surface area contributed by atoms with E-state index in [0.717, 1.165) is 62.3 Å². The zero-order chi connectivity index (χ0) is 22.4. The predicted molar refractivity (Wildman–Crippen MR) is 124 cm³/mol. The zero-order valence-corrected chi connectivity index (χ0v) is 19.9. The first-order valence-corrected chi connectivity index (χ1v) is 11.9. The molecule has 6 nitrogen and oxygen atoms in total. The van der Waals surface area contributed by atoms with Gasteiger partial charge in [0, 0.05) is 37.2 Å². The Morgan fingerprint density at radius 3 is 2.16 bits per heavy atom. The summed E-state index contributed by atoms with van der Waals surface area (Å²) in [6.45, 7) is 10.2. The number of amides is 1. The van der Waals surface area contributed by atoms with Gasteiger partial charge in [-0.3, -0.25) is 0 Å². The minimum Gasteiger partial charge on any atom is -0.444 e. The maximum Gasteiger partial charge on any atom is 0.410 e. The average Bonchev–Trinajstić information content (AvgIpc) is 2.73. The molecule has 0 bridgehead atoms. The van der Waals surface area contributed by atoms with Crippen molar-refractivity contribution < 1.29 is 14.3 Å². The topological polar surface area (TPSA) is 68.0 Å². The van der Waals surface area contributed by atoms with Gasteiger partial charge in [0.25, 0.3) is 0 Å². The number of nitrogens with two attached hydrogens (primary N) is 1. The summed E-state index contributed by atoms with van der Waals surface area (Å²) in [4.78, 5) is 16.5. The van der Waals surface area contributed by atoms with Crippen molar-refractivity contribution in [3.63, 3.8) is 0 Å². The number of rotatable bonds is 6. The molecule has 0 spiro atoms. The SMILES string of the molecule is CC(C)(C)OC(=O)N1CCC(OC2CCN(CC[C@H](N)c3ccc(Cl)cc3)CC2)CC1. The molecule has 1 amide bonds. The molecule has 0 saturated carbocycles. The van der Waals surface area contributed by atoms with Crippen molar-refractivity contribution in [1.82, 2.24) is 9.80 Å². The van der Waals surface area contributed by atoms with Gasteiger partial charge in [0.05, 0.1) is 12.2 Å². The molecule has 2 heterocycles. The highest BCUT2D eigenvalue weighted by atomic mass is 35.5. The number of benzene rings is 1. The van der Waals surface area contributed by atoms with E-state index in [4.69, 9.17) is 26.8 Å². The van der Waals surface area contributed by atoms with E-state index in [2.05, 4.69) is 4.90 Å². The number of carbonyl (C=O) groups excluding carboxylic acids is 1. The highest BCUT2D eigenvalue weighted by Gasteiger charge is 2.29. The van der Waals surface area contributed by atoms with Crippen LogP contribution in [0.3, 0.4) is 0 Å². The van der Waals surface area contributed by atoms with Gasteiger partial charge in [-0.1, -0.05) is 23.7 Å². The van der Waals surface area contributed by atoms with Crippen molar-refractivity contribution in [3.8, 4) is 0 Å². The van der Waals surface area contributed by atoms with E-state index in [1.54, 1.807) is 4.90 Å². The minimum absolute atomic E-state index is 0.0430. The second kappa shape index (κ2) is 11.0. The maximum absolute atomic E-state index is 12.2. The third-order valence-electron chi connectivity index (χ3n) is 6.07. The lowest BCUT2D eigenvalue weighted by Gasteiger charge is -2.37. The molecule has 2 N–H and O–H groups in total. The molecule has 1 aromatic rings. The molecular weight excluding hydrogens is 414 g/mol. The number of hydrogen-bond acceptors (Lipinski definition) is 5. The Labute approximate surface area is 192 Å². The number of hydrogen-bond donors (Lipinski definition) is 1. The van der Waals surface area contributed by atoms with E-state index < -0.39 is 5.60 Å². The fourth-order valence-corrected chi connectivity index (χ4v) is 4.37. The smallest absolute Gasteiger partial charge is 0.410 e. The third-order valence-corrected chi connectivity index (χ3v) is 6.32. The quantitative estimate of drug-likeness (QED) is 0.683. The minimum atomic E-state index is -0.447.